The van der Waals surface area contributed by atoms with Crippen LogP contribution >= 0.6 is 0 Å². The highest BCUT2D eigenvalue weighted by Crippen LogP contribution is 2.26. The van der Waals surface area contributed by atoms with Gasteiger partial charge in [-0.15, -0.1) is 0 Å². The third-order valence-electron chi connectivity index (χ3n) is 5.21. The van der Waals surface area contributed by atoms with Crippen molar-refractivity contribution < 1.29 is 4.79 Å². The van der Waals surface area contributed by atoms with Crippen LogP contribution in [-0.2, 0) is 7.05 Å². The number of benzene rings is 1. The molecular formula is C21H30N4O. The Labute approximate surface area is 156 Å². The predicted octanol–water partition coefficient (Wildman–Crippen LogP) is 3.15. The van der Waals surface area contributed by atoms with Crippen molar-refractivity contribution in [2.45, 2.75) is 38.5 Å². The summed E-state index contributed by atoms with van der Waals surface area (Å²) in [5, 5.41) is 7.47. The highest BCUT2D eigenvalue weighted by molar-refractivity contribution is 5.92. The van der Waals surface area contributed by atoms with E-state index in [2.05, 4.69) is 59.5 Å². The molecule has 140 valence electrons. The number of piperidine rings is 1. The van der Waals surface area contributed by atoms with E-state index in [1.54, 1.807) is 4.68 Å². The lowest BCUT2D eigenvalue weighted by Gasteiger charge is -2.33. The fourth-order valence-corrected chi connectivity index (χ4v) is 3.66. The number of likely N-dealkylation sites (tertiary alicyclic amines) is 1. The quantitative estimate of drug-likeness (QED) is 0.867. The molecule has 0 saturated carbocycles. The third kappa shape index (κ3) is 4.52. The Morgan fingerprint density at radius 2 is 2.08 bits per heavy atom. The summed E-state index contributed by atoms with van der Waals surface area (Å²) in [4.78, 5) is 14.9. The van der Waals surface area contributed by atoms with Gasteiger partial charge in [0, 0.05) is 26.7 Å². The maximum atomic E-state index is 12.4. The van der Waals surface area contributed by atoms with Gasteiger partial charge in [-0.25, -0.2) is 0 Å². The molecule has 1 amide bonds. The molecule has 0 aliphatic carbocycles. The number of aromatic nitrogens is 2. The molecule has 0 bridgehead atoms. The first-order valence-corrected chi connectivity index (χ1v) is 9.64. The van der Waals surface area contributed by atoms with Crippen LogP contribution in [0.25, 0.3) is 0 Å². The van der Waals surface area contributed by atoms with Gasteiger partial charge in [0.1, 0.15) is 5.69 Å². The summed E-state index contributed by atoms with van der Waals surface area (Å²) in [5.41, 5.74) is 3.02. The van der Waals surface area contributed by atoms with Gasteiger partial charge in [-0.3, -0.25) is 9.48 Å². The molecule has 2 aromatic rings. The molecule has 0 spiro atoms. The van der Waals surface area contributed by atoms with Crippen LogP contribution in [0, 0.1) is 0 Å². The summed E-state index contributed by atoms with van der Waals surface area (Å²) in [6.45, 7) is 7.92. The summed E-state index contributed by atoms with van der Waals surface area (Å²) in [7, 11) is 1.83. The SMILES string of the molecule is CC(C)c1cc(C(=O)NCCN2CCC[C@@H](c3ccccc3)C2)n(C)n1. The molecule has 5 nitrogen and oxygen atoms in total. The van der Waals surface area contributed by atoms with Crippen molar-refractivity contribution in [1.29, 1.82) is 0 Å². The third-order valence-corrected chi connectivity index (χ3v) is 5.21. The van der Waals surface area contributed by atoms with Crippen molar-refractivity contribution in [2.24, 2.45) is 7.05 Å². The molecule has 1 saturated heterocycles. The van der Waals surface area contributed by atoms with Crippen LogP contribution in [0.4, 0.5) is 0 Å². The summed E-state index contributed by atoms with van der Waals surface area (Å²) in [6, 6.07) is 12.7. The molecule has 0 radical (unpaired) electrons. The Bertz CT molecular complexity index is 723. The summed E-state index contributed by atoms with van der Waals surface area (Å²) >= 11 is 0. The zero-order valence-electron chi connectivity index (χ0n) is 16.1. The minimum absolute atomic E-state index is 0.0384. The monoisotopic (exact) mass is 354 g/mol. The van der Waals surface area contributed by atoms with Gasteiger partial charge in [0.15, 0.2) is 0 Å². The van der Waals surface area contributed by atoms with Gasteiger partial charge in [-0.05, 0) is 42.9 Å². The molecule has 1 N–H and O–H groups in total. The van der Waals surface area contributed by atoms with E-state index < -0.39 is 0 Å². The van der Waals surface area contributed by atoms with E-state index in [-0.39, 0.29) is 5.91 Å². The number of amides is 1. The Hall–Kier alpha value is -2.14. The van der Waals surface area contributed by atoms with Gasteiger partial charge in [-0.1, -0.05) is 44.2 Å². The normalized spacial score (nSPS) is 18.2. The van der Waals surface area contributed by atoms with Crippen LogP contribution in [0.3, 0.4) is 0 Å². The second-order valence-corrected chi connectivity index (χ2v) is 7.54. The molecule has 26 heavy (non-hydrogen) atoms. The zero-order valence-corrected chi connectivity index (χ0v) is 16.1. The van der Waals surface area contributed by atoms with E-state index in [9.17, 15) is 4.79 Å². The van der Waals surface area contributed by atoms with Gasteiger partial charge < -0.3 is 10.2 Å². The number of carbonyl (C=O) groups is 1. The highest BCUT2D eigenvalue weighted by Gasteiger charge is 2.21. The largest absolute Gasteiger partial charge is 0.349 e. The van der Waals surface area contributed by atoms with Crippen LogP contribution < -0.4 is 5.32 Å². The Balaban J connectivity index is 1.49. The van der Waals surface area contributed by atoms with Gasteiger partial charge >= 0.3 is 0 Å². The lowest BCUT2D eigenvalue weighted by Crippen LogP contribution is -2.40. The standard InChI is InChI=1S/C21H30N4O/c1-16(2)19-14-20(24(3)23-19)21(26)22-11-13-25-12-7-10-18(15-25)17-8-5-4-6-9-17/h4-6,8-9,14,16,18H,7,10-13,15H2,1-3H3,(H,22,26)/t18-/m1/s1. The smallest absolute Gasteiger partial charge is 0.269 e. The van der Waals surface area contributed by atoms with Gasteiger partial charge in [0.05, 0.1) is 5.69 Å². The molecule has 1 fully saturated rings. The lowest BCUT2D eigenvalue weighted by molar-refractivity contribution is 0.0936. The minimum Gasteiger partial charge on any atom is -0.349 e. The first-order chi connectivity index (χ1) is 12.5. The first kappa shape index (κ1) is 18.6. The van der Waals surface area contributed by atoms with Crippen LogP contribution in [-0.4, -0.2) is 46.8 Å². The molecule has 5 heteroatoms. The number of aryl methyl sites for hydroxylation is 1. The van der Waals surface area contributed by atoms with Crippen LogP contribution in [0.15, 0.2) is 36.4 Å². The van der Waals surface area contributed by atoms with E-state index in [0.717, 1.165) is 25.3 Å². The molecule has 1 aliphatic rings. The highest BCUT2D eigenvalue weighted by atomic mass is 16.2. The summed E-state index contributed by atoms with van der Waals surface area (Å²) in [6.07, 6.45) is 2.47. The van der Waals surface area contributed by atoms with Crippen molar-refractivity contribution in [1.82, 2.24) is 20.0 Å². The molecule has 0 unspecified atom stereocenters. The Morgan fingerprint density at radius 1 is 1.31 bits per heavy atom. The van der Waals surface area contributed by atoms with Gasteiger partial charge in [0.2, 0.25) is 0 Å². The number of rotatable bonds is 6. The van der Waals surface area contributed by atoms with Crippen molar-refractivity contribution in [2.75, 3.05) is 26.2 Å². The van der Waals surface area contributed by atoms with Gasteiger partial charge in [0.25, 0.3) is 5.91 Å². The molecule has 1 aliphatic heterocycles. The molecular weight excluding hydrogens is 324 g/mol. The topological polar surface area (TPSA) is 50.2 Å². The fraction of sp³-hybridized carbons (Fsp3) is 0.524. The average Bonchev–Trinajstić information content (AvgIpc) is 3.05. The molecule has 2 heterocycles. The number of hydrogen-bond donors (Lipinski definition) is 1. The number of carbonyl (C=O) groups excluding carboxylic acids is 1. The molecule has 3 rings (SSSR count). The second kappa shape index (κ2) is 8.49. The van der Waals surface area contributed by atoms with E-state index in [4.69, 9.17) is 0 Å². The van der Waals surface area contributed by atoms with E-state index in [1.807, 2.05) is 13.1 Å². The van der Waals surface area contributed by atoms with E-state index in [1.165, 1.54) is 18.4 Å². The summed E-state index contributed by atoms with van der Waals surface area (Å²) in [5.74, 6) is 0.890. The molecule has 1 atom stereocenters. The Morgan fingerprint density at radius 3 is 2.77 bits per heavy atom. The van der Waals surface area contributed by atoms with Crippen molar-refractivity contribution in [3.63, 3.8) is 0 Å². The number of hydrogen-bond acceptors (Lipinski definition) is 3. The average molecular weight is 354 g/mol. The maximum absolute atomic E-state index is 12.4. The van der Waals surface area contributed by atoms with Crippen LogP contribution in [0.2, 0.25) is 0 Å². The maximum Gasteiger partial charge on any atom is 0.269 e. The molecule has 1 aromatic carbocycles. The zero-order chi connectivity index (χ0) is 18.5. The first-order valence-electron chi connectivity index (χ1n) is 9.64. The number of nitrogens with zero attached hydrogens (tertiary/aromatic N) is 3. The van der Waals surface area contributed by atoms with Crippen LogP contribution in [0.5, 0.6) is 0 Å². The van der Waals surface area contributed by atoms with Gasteiger partial charge in [-0.2, -0.15) is 5.10 Å². The fourth-order valence-electron chi connectivity index (χ4n) is 3.66. The predicted molar refractivity (Wildman–Crippen MR) is 104 cm³/mol. The lowest BCUT2D eigenvalue weighted by atomic mass is 9.91. The molecule has 1 aromatic heterocycles. The minimum atomic E-state index is -0.0384. The summed E-state index contributed by atoms with van der Waals surface area (Å²) < 4.78 is 1.68. The van der Waals surface area contributed by atoms with Crippen molar-refractivity contribution >= 4 is 5.91 Å². The van der Waals surface area contributed by atoms with Crippen molar-refractivity contribution in [3.8, 4) is 0 Å². The van der Waals surface area contributed by atoms with E-state index in [0.29, 0.717) is 24.1 Å². The number of nitrogens with one attached hydrogen (secondary N) is 1. The second-order valence-electron chi connectivity index (χ2n) is 7.54. The Kier molecular flexibility index (Phi) is 6.09. The van der Waals surface area contributed by atoms with E-state index >= 15 is 0 Å². The van der Waals surface area contributed by atoms with Crippen molar-refractivity contribution in [3.05, 3.63) is 53.3 Å². The van der Waals surface area contributed by atoms with Crippen LogP contribution in [0.1, 0.15) is 60.3 Å².